The molecule has 0 aliphatic heterocycles. The minimum Gasteiger partial charge on any atom is -0.390 e. The predicted molar refractivity (Wildman–Crippen MR) is 86.5 cm³/mol. The summed E-state index contributed by atoms with van der Waals surface area (Å²) in [6.45, 7) is 4.41. The summed E-state index contributed by atoms with van der Waals surface area (Å²) in [5.74, 6) is 1.31. The van der Waals surface area contributed by atoms with E-state index in [0.29, 0.717) is 30.6 Å². The van der Waals surface area contributed by atoms with E-state index in [1.54, 1.807) is 0 Å². The molecule has 4 nitrogen and oxygen atoms in total. The van der Waals surface area contributed by atoms with E-state index < -0.39 is 24.4 Å². The molecule has 0 amide bonds. The lowest BCUT2D eigenvalue weighted by molar-refractivity contribution is -0.0941. The van der Waals surface area contributed by atoms with E-state index in [4.69, 9.17) is 0 Å². The number of aliphatic hydroxyl groups excluding tert-OH is 4. The molecule has 4 N–H and O–H groups in total. The fraction of sp³-hybridized carbons (Fsp3) is 0.895. The smallest absolute Gasteiger partial charge is 0.101 e. The molecule has 0 spiro atoms. The first-order chi connectivity index (χ1) is 10.8. The monoisotopic (exact) mass is 322 g/mol. The molecule has 0 aromatic carbocycles. The first kappa shape index (κ1) is 16.1. The van der Waals surface area contributed by atoms with E-state index in [-0.39, 0.29) is 10.8 Å². The summed E-state index contributed by atoms with van der Waals surface area (Å²) >= 11 is 0. The Bertz CT molecular complexity index is 531. The van der Waals surface area contributed by atoms with Crippen molar-refractivity contribution in [3.8, 4) is 0 Å². The summed E-state index contributed by atoms with van der Waals surface area (Å²) in [4.78, 5) is 0. The lowest BCUT2D eigenvalue weighted by Crippen LogP contribution is -2.54. The second-order valence-electron chi connectivity index (χ2n) is 9.03. The normalized spacial score (nSPS) is 58.9. The summed E-state index contributed by atoms with van der Waals surface area (Å²) in [5.41, 5.74) is 0.830. The topological polar surface area (TPSA) is 80.9 Å². The lowest BCUT2D eigenvalue weighted by atomic mass is 9.47. The van der Waals surface area contributed by atoms with Crippen LogP contribution in [0.3, 0.4) is 0 Å². The molecule has 130 valence electrons. The van der Waals surface area contributed by atoms with Crippen LogP contribution in [0, 0.1) is 28.6 Å². The van der Waals surface area contributed by atoms with Crippen molar-refractivity contribution in [1.82, 2.24) is 0 Å². The molecule has 0 bridgehead atoms. The van der Waals surface area contributed by atoms with Gasteiger partial charge in [0.25, 0.3) is 0 Å². The Morgan fingerprint density at radius 1 is 0.957 bits per heavy atom. The Hall–Kier alpha value is -0.420. The summed E-state index contributed by atoms with van der Waals surface area (Å²) in [5, 5.41) is 41.2. The Kier molecular flexibility index (Phi) is 3.52. The van der Waals surface area contributed by atoms with Crippen molar-refractivity contribution in [1.29, 1.82) is 0 Å². The van der Waals surface area contributed by atoms with Gasteiger partial charge in [0.1, 0.15) is 6.10 Å². The largest absolute Gasteiger partial charge is 0.390 e. The molecule has 4 rings (SSSR count). The number of hydrogen-bond donors (Lipinski definition) is 4. The van der Waals surface area contributed by atoms with Crippen LogP contribution in [0.15, 0.2) is 11.6 Å². The molecule has 0 radical (unpaired) electrons. The number of allylic oxidation sites excluding steroid dienone is 1. The second kappa shape index (κ2) is 5.04. The molecule has 23 heavy (non-hydrogen) atoms. The average Bonchev–Trinajstić information content (AvgIpc) is 2.75. The average molecular weight is 322 g/mol. The van der Waals surface area contributed by atoms with Crippen molar-refractivity contribution in [3.63, 3.8) is 0 Å². The number of hydrogen-bond acceptors (Lipinski definition) is 4. The first-order valence-electron chi connectivity index (χ1n) is 9.22. The molecule has 0 saturated heterocycles. The second-order valence-corrected chi connectivity index (χ2v) is 9.03. The van der Waals surface area contributed by atoms with E-state index in [0.717, 1.165) is 31.3 Å². The van der Waals surface area contributed by atoms with Crippen molar-refractivity contribution >= 4 is 0 Å². The van der Waals surface area contributed by atoms with E-state index in [1.807, 2.05) is 0 Å². The van der Waals surface area contributed by atoms with Crippen LogP contribution in [0.4, 0.5) is 0 Å². The zero-order valence-electron chi connectivity index (χ0n) is 14.2. The van der Waals surface area contributed by atoms with E-state index in [9.17, 15) is 20.4 Å². The van der Waals surface area contributed by atoms with E-state index in [2.05, 4.69) is 19.9 Å². The van der Waals surface area contributed by atoms with Crippen LogP contribution in [0.25, 0.3) is 0 Å². The van der Waals surface area contributed by atoms with Crippen molar-refractivity contribution < 1.29 is 20.4 Å². The van der Waals surface area contributed by atoms with Crippen LogP contribution in [0.5, 0.6) is 0 Å². The molecule has 0 unspecified atom stereocenters. The molecule has 0 aromatic heterocycles. The van der Waals surface area contributed by atoms with Gasteiger partial charge in [-0.1, -0.05) is 19.9 Å². The van der Waals surface area contributed by atoms with Crippen LogP contribution in [-0.2, 0) is 0 Å². The third-order valence-corrected chi connectivity index (χ3v) is 8.14. The maximum Gasteiger partial charge on any atom is 0.101 e. The molecular weight excluding hydrogens is 292 g/mol. The van der Waals surface area contributed by atoms with Gasteiger partial charge < -0.3 is 20.4 Å². The van der Waals surface area contributed by atoms with Gasteiger partial charge in [0, 0.05) is 0 Å². The van der Waals surface area contributed by atoms with Gasteiger partial charge in [0.05, 0.1) is 18.3 Å². The van der Waals surface area contributed by atoms with Crippen molar-refractivity contribution in [2.45, 2.75) is 76.8 Å². The van der Waals surface area contributed by atoms with Crippen LogP contribution in [0.2, 0.25) is 0 Å². The summed E-state index contributed by atoms with van der Waals surface area (Å²) in [6.07, 6.45) is 4.78. The third kappa shape index (κ3) is 1.98. The zero-order chi connectivity index (χ0) is 16.6. The van der Waals surface area contributed by atoms with Gasteiger partial charge in [-0.15, -0.1) is 0 Å². The molecule has 3 fully saturated rings. The predicted octanol–water partition coefficient (Wildman–Crippen LogP) is 1.61. The Balaban J connectivity index is 1.70. The summed E-state index contributed by atoms with van der Waals surface area (Å²) < 4.78 is 0. The first-order valence-corrected chi connectivity index (χ1v) is 9.22. The summed E-state index contributed by atoms with van der Waals surface area (Å²) in [7, 11) is 0. The van der Waals surface area contributed by atoms with Gasteiger partial charge in [-0.05, 0) is 72.7 Å². The molecule has 4 aliphatic carbocycles. The molecule has 0 aromatic rings. The highest BCUT2D eigenvalue weighted by atomic mass is 16.3. The van der Waals surface area contributed by atoms with Crippen molar-refractivity contribution in [2.75, 3.05) is 0 Å². The highest BCUT2D eigenvalue weighted by Crippen LogP contribution is 2.64. The van der Waals surface area contributed by atoms with Crippen LogP contribution < -0.4 is 0 Å². The zero-order valence-corrected chi connectivity index (χ0v) is 14.2. The Labute approximate surface area is 138 Å². The summed E-state index contributed by atoms with van der Waals surface area (Å²) in [6, 6.07) is 0. The number of fused-ring (bicyclic) bond motifs is 5. The fourth-order valence-corrected chi connectivity index (χ4v) is 6.71. The molecule has 4 aliphatic rings. The standard InChI is InChI=1S/C19H30O4/c1-18-8-6-14(20)16(22)12(18)4-3-10-11(18)5-7-19(2)13(10)9-15(21)17(19)23/h4,10-11,13-17,20-23H,3,5-9H2,1-2H3/t10-,11+,13+,14-,15-,16-,17+,18-,19+/m1/s1. The van der Waals surface area contributed by atoms with Gasteiger partial charge in [-0.25, -0.2) is 0 Å². The minimum atomic E-state index is -0.720. The lowest BCUT2D eigenvalue weighted by Gasteiger charge is -2.58. The quantitative estimate of drug-likeness (QED) is 0.511. The fourth-order valence-electron chi connectivity index (χ4n) is 6.71. The maximum atomic E-state index is 10.5. The van der Waals surface area contributed by atoms with Gasteiger partial charge in [-0.3, -0.25) is 0 Å². The van der Waals surface area contributed by atoms with Crippen molar-refractivity contribution in [3.05, 3.63) is 11.6 Å². The molecule has 0 heterocycles. The third-order valence-electron chi connectivity index (χ3n) is 8.14. The van der Waals surface area contributed by atoms with Crippen LogP contribution >= 0.6 is 0 Å². The highest BCUT2D eigenvalue weighted by molar-refractivity contribution is 5.29. The molecule has 3 saturated carbocycles. The number of aliphatic hydroxyl groups is 4. The molecule has 4 heteroatoms. The number of rotatable bonds is 0. The maximum absolute atomic E-state index is 10.5. The van der Waals surface area contributed by atoms with Crippen molar-refractivity contribution in [2.24, 2.45) is 28.6 Å². The Morgan fingerprint density at radius 2 is 1.70 bits per heavy atom. The van der Waals surface area contributed by atoms with Gasteiger partial charge in [0.15, 0.2) is 0 Å². The van der Waals surface area contributed by atoms with Gasteiger partial charge in [0.2, 0.25) is 0 Å². The van der Waals surface area contributed by atoms with Crippen LogP contribution in [-0.4, -0.2) is 44.8 Å². The SMILES string of the molecule is C[C@]12CC[C@H]3[C@@H](CC=C4[C@@H](O)[C@H](O)CC[C@@]43C)[C@@H]1C[C@@H](O)[C@@H]2O. The van der Waals surface area contributed by atoms with Gasteiger partial charge >= 0.3 is 0 Å². The van der Waals surface area contributed by atoms with E-state index in [1.165, 1.54) is 0 Å². The highest BCUT2D eigenvalue weighted by Gasteiger charge is 2.61. The Morgan fingerprint density at radius 3 is 2.43 bits per heavy atom. The van der Waals surface area contributed by atoms with E-state index >= 15 is 0 Å². The molecule has 9 atom stereocenters. The van der Waals surface area contributed by atoms with Gasteiger partial charge in [-0.2, -0.15) is 0 Å². The molecular formula is C19H30O4. The van der Waals surface area contributed by atoms with Crippen LogP contribution in [0.1, 0.15) is 52.4 Å². The minimum absolute atomic E-state index is 0.0403.